The topological polar surface area (TPSA) is 111 Å². The van der Waals surface area contributed by atoms with Crippen molar-refractivity contribution >= 4 is 23.6 Å². The standard InChI is InChI=1S/C23H25FN4O5/c24-21-15(3-1-4-16(21)12-27-7-9-33-10-8-27)11-25-19-6-2-5-17-18(19)13-28(22(17)30)14-20(29)26-23(31)32/h1-6,25H,7-14H2,(H,26,29)(H,31,32). The normalized spacial score (nSPS) is 15.9. The molecule has 2 aromatic carbocycles. The van der Waals surface area contributed by atoms with Crippen LogP contribution in [0.5, 0.6) is 0 Å². The molecule has 3 amide bonds. The maximum Gasteiger partial charge on any atom is 0.411 e. The lowest BCUT2D eigenvalue weighted by Gasteiger charge is -2.27. The van der Waals surface area contributed by atoms with Crippen LogP contribution in [0.25, 0.3) is 0 Å². The van der Waals surface area contributed by atoms with Crippen molar-refractivity contribution in [3.63, 3.8) is 0 Å². The highest BCUT2D eigenvalue weighted by molar-refractivity contribution is 6.02. The quantitative estimate of drug-likeness (QED) is 0.585. The summed E-state index contributed by atoms with van der Waals surface area (Å²) >= 11 is 0. The minimum Gasteiger partial charge on any atom is -0.465 e. The van der Waals surface area contributed by atoms with Crippen LogP contribution in [-0.4, -0.2) is 65.7 Å². The van der Waals surface area contributed by atoms with Crippen LogP contribution in [-0.2, 0) is 29.2 Å². The van der Waals surface area contributed by atoms with E-state index in [4.69, 9.17) is 9.84 Å². The van der Waals surface area contributed by atoms with Gasteiger partial charge in [-0.05, 0) is 12.1 Å². The van der Waals surface area contributed by atoms with Crippen LogP contribution in [0.1, 0.15) is 27.0 Å². The fraction of sp³-hybridized carbons (Fsp3) is 0.348. The van der Waals surface area contributed by atoms with Crippen molar-refractivity contribution in [1.82, 2.24) is 15.1 Å². The number of halogens is 1. The van der Waals surface area contributed by atoms with Crippen LogP contribution >= 0.6 is 0 Å². The number of carboxylic acid groups (broad SMARTS) is 1. The molecular formula is C23H25FN4O5. The number of morpholine rings is 1. The highest BCUT2D eigenvalue weighted by Gasteiger charge is 2.31. The van der Waals surface area contributed by atoms with Gasteiger partial charge in [0, 0.05) is 60.7 Å². The van der Waals surface area contributed by atoms with Crippen LogP contribution in [0.15, 0.2) is 36.4 Å². The molecule has 0 bridgehead atoms. The Labute approximate surface area is 190 Å². The van der Waals surface area contributed by atoms with Crippen LogP contribution < -0.4 is 10.6 Å². The molecule has 2 aromatic rings. The van der Waals surface area contributed by atoms with Crippen molar-refractivity contribution in [1.29, 1.82) is 0 Å². The number of imide groups is 1. The van der Waals surface area contributed by atoms with Gasteiger partial charge in [-0.25, -0.2) is 9.18 Å². The molecule has 0 aliphatic carbocycles. The molecule has 9 nitrogen and oxygen atoms in total. The van der Waals surface area contributed by atoms with Crippen LogP contribution in [0.2, 0.25) is 0 Å². The number of carbonyl (C=O) groups is 3. The SMILES string of the molecule is O=C(O)NC(=O)CN1Cc2c(NCc3cccc(CN4CCOCC4)c3F)cccc2C1=O. The molecule has 4 rings (SSSR count). The number of hydrogen-bond acceptors (Lipinski definition) is 6. The zero-order valence-corrected chi connectivity index (χ0v) is 18.0. The zero-order valence-electron chi connectivity index (χ0n) is 18.0. The molecule has 3 N–H and O–H groups in total. The second-order valence-corrected chi connectivity index (χ2v) is 7.98. The molecule has 10 heteroatoms. The first-order chi connectivity index (χ1) is 15.9. The maximum atomic E-state index is 15.1. The first-order valence-electron chi connectivity index (χ1n) is 10.7. The lowest BCUT2D eigenvalue weighted by Crippen LogP contribution is -2.39. The molecular weight excluding hydrogens is 431 g/mol. The third-order valence-electron chi connectivity index (χ3n) is 5.75. The van der Waals surface area contributed by atoms with Gasteiger partial charge in [-0.15, -0.1) is 0 Å². The summed E-state index contributed by atoms with van der Waals surface area (Å²) in [6, 6.07) is 10.5. The number of carbonyl (C=O) groups excluding carboxylic acids is 2. The largest absolute Gasteiger partial charge is 0.465 e. The van der Waals surface area contributed by atoms with Crippen molar-refractivity contribution in [3.8, 4) is 0 Å². The first kappa shape index (κ1) is 22.7. The Morgan fingerprint density at radius 1 is 1.09 bits per heavy atom. The minimum absolute atomic E-state index is 0.157. The number of benzene rings is 2. The second-order valence-electron chi connectivity index (χ2n) is 7.98. The maximum absolute atomic E-state index is 15.1. The Morgan fingerprint density at radius 3 is 2.58 bits per heavy atom. The van der Waals surface area contributed by atoms with Crippen LogP contribution in [0.4, 0.5) is 14.9 Å². The molecule has 0 saturated carbocycles. The van der Waals surface area contributed by atoms with E-state index in [0.717, 1.165) is 13.1 Å². The summed E-state index contributed by atoms with van der Waals surface area (Å²) in [7, 11) is 0. The predicted molar refractivity (Wildman–Crippen MR) is 117 cm³/mol. The van der Waals surface area contributed by atoms with Gasteiger partial charge in [0.05, 0.1) is 13.2 Å². The van der Waals surface area contributed by atoms with Crippen LogP contribution in [0, 0.1) is 5.82 Å². The van der Waals surface area contributed by atoms with Crippen molar-refractivity contribution in [2.75, 3.05) is 38.2 Å². The Bertz CT molecular complexity index is 1070. The lowest BCUT2D eigenvalue weighted by atomic mass is 10.1. The number of nitrogens with one attached hydrogen (secondary N) is 2. The van der Waals surface area contributed by atoms with E-state index in [2.05, 4.69) is 10.2 Å². The molecule has 2 heterocycles. The summed E-state index contributed by atoms with van der Waals surface area (Å²) in [5.41, 5.74) is 2.93. The Kier molecular flexibility index (Phi) is 6.85. The fourth-order valence-electron chi connectivity index (χ4n) is 4.10. The van der Waals surface area contributed by atoms with Gasteiger partial charge in [0.1, 0.15) is 12.4 Å². The van der Waals surface area contributed by atoms with Gasteiger partial charge < -0.3 is 20.1 Å². The number of fused-ring (bicyclic) bond motifs is 1. The smallest absolute Gasteiger partial charge is 0.411 e. The molecule has 1 saturated heterocycles. The number of nitrogens with zero attached hydrogens (tertiary/aromatic N) is 2. The van der Waals surface area contributed by atoms with Gasteiger partial charge in [0.2, 0.25) is 5.91 Å². The molecule has 0 radical (unpaired) electrons. The van der Waals surface area contributed by atoms with Crippen molar-refractivity contribution in [2.24, 2.45) is 0 Å². The predicted octanol–water partition coefficient (Wildman–Crippen LogP) is 2.02. The monoisotopic (exact) mass is 456 g/mol. The van der Waals surface area contributed by atoms with Gasteiger partial charge in [-0.1, -0.05) is 24.3 Å². The number of hydrogen-bond donors (Lipinski definition) is 3. The number of amides is 3. The number of ether oxygens (including phenoxy) is 1. The van der Waals surface area contributed by atoms with Crippen LogP contribution in [0.3, 0.4) is 0 Å². The van der Waals surface area contributed by atoms with E-state index in [-0.39, 0.29) is 31.4 Å². The van der Waals surface area contributed by atoms with E-state index in [1.165, 1.54) is 4.90 Å². The zero-order chi connectivity index (χ0) is 23.4. The van der Waals surface area contributed by atoms with Gasteiger partial charge in [-0.2, -0.15) is 0 Å². The van der Waals surface area contributed by atoms with Gasteiger partial charge in [0.15, 0.2) is 0 Å². The summed E-state index contributed by atoms with van der Waals surface area (Å²) in [6.07, 6.45) is -1.47. The molecule has 0 atom stereocenters. The molecule has 33 heavy (non-hydrogen) atoms. The number of rotatable bonds is 7. The van der Waals surface area contributed by atoms with E-state index in [1.54, 1.807) is 35.6 Å². The summed E-state index contributed by atoms with van der Waals surface area (Å²) in [5.74, 6) is -1.39. The van der Waals surface area contributed by atoms with E-state index in [0.29, 0.717) is 47.7 Å². The van der Waals surface area contributed by atoms with E-state index < -0.39 is 12.0 Å². The first-order valence-corrected chi connectivity index (χ1v) is 10.7. The lowest BCUT2D eigenvalue weighted by molar-refractivity contribution is -0.121. The average Bonchev–Trinajstić information content (AvgIpc) is 3.10. The van der Waals surface area contributed by atoms with Gasteiger partial charge >= 0.3 is 6.09 Å². The van der Waals surface area contributed by atoms with Crippen molar-refractivity contribution in [2.45, 2.75) is 19.6 Å². The molecule has 2 aliphatic rings. The molecule has 0 spiro atoms. The van der Waals surface area contributed by atoms with E-state index in [9.17, 15) is 14.4 Å². The Balaban J connectivity index is 1.44. The minimum atomic E-state index is -1.47. The summed E-state index contributed by atoms with van der Waals surface area (Å²) in [5, 5.41) is 13.6. The third kappa shape index (κ3) is 5.29. The van der Waals surface area contributed by atoms with Crippen molar-refractivity contribution < 1.29 is 28.6 Å². The second kappa shape index (κ2) is 9.97. The van der Waals surface area contributed by atoms with Crippen molar-refractivity contribution in [3.05, 3.63) is 64.5 Å². The molecule has 1 fully saturated rings. The Hall–Kier alpha value is -3.50. The molecule has 174 valence electrons. The number of anilines is 1. The highest BCUT2D eigenvalue weighted by Crippen LogP contribution is 2.30. The molecule has 0 unspecified atom stereocenters. The van der Waals surface area contributed by atoms with Gasteiger partial charge in [0.25, 0.3) is 5.91 Å². The third-order valence-corrected chi connectivity index (χ3v) is 5.75. The van der Waals surface area contributed by atoms with E-state index in [1.807, 2.05) is 6.07 Å². The molecule has 0 aromatic heterocycles. The van der Waals surface area contributed by atoms with Gasteiger partial charge in [-0.3, -0.25) is 19.8 Å². The summed E-state index contributed by atoms with van der Waals surface area (Å²) in [6.45, 7) is 3.38. The van der Waals surface area contributed by atoms with E-state index >= 15 is 4.39 Å². The summed E-state index contributed by atoms with van der Waals surface area (Å²) < 4.78 is 20.5. The highest BCUT2D eigenvalue weighted by atomic mass is 19.1. The Morgan fingerprint density at radius 2 is 1.82 bits per heavy atom. The fourth-order valence-corrected chi connectivity index (χ4v) is 4.10. The average molecular weight is 456 g/mol. The summed E-state index contributed by atoms with van der Waals surface area (Å²) in [4.78, 5) is 38.5. The molecule has 2 aliphatic heterocycles.